The number of pyridine rings is 1. The number of aromatic amines is 1. The number of benzene rings is 1. The summed E-state index contributed by atoms with van der Waals surface area (Å²) in [5, 5.41) is 10.2. The first-order chi connectivity index (χ1) is 11.7. The molecule has 0 saturated carbocycles. The molecule has 124 valence electrons. The normalized spacial score (nSPS) is 15.8. The molecule has 0 unspecified atom stereocenters. The van der Waals surface area contributed by atoms with E-state index in [1.165, 1.54) is 0 Å². The van der Waals surface area contributed by atoms with E-state index in [1.54, 1.807) is 36.5 Å². The Bertz CT molecular complexity index is 963. The van der Waals surface area contributed by atoms with Gasteiger partial charge >= 0.3 is 0 Å². The Morgan fingerprint density at radius 2 is 1.79 bits per heavy atom. The van der Waals surface area contributed by atoms with E-state index in [-0.39, 0.29) is 9.92 Å². The van der Waals surface area contributed by atoms with Gasteiger partial charge in [0.05, 0.1) is 10.6 Å². The lowest BCUT2D eigenvalue weighted by Gasteiger charge is -2.29. The number of sulfone groups is 1. The maximum atomic E-state index is 12.9. The lowest BCUT2D eigenvalue weighted by molar-refractivity contribution is 0.590. The van der Waals surface area contributed by atoms with Gasteiger partial charge in [-0.1, -0.05) is 18.2 Å². The topological polar surface area (TPSA) is 91.0 Å². The first kappa shape index (κ1) is 15.1. The van der Waals surface area contributed by atoms with Crippen LogP contribution >= 0.6 is 0 Å². The van der Waals surface area contributed by atoms with Crippen molar-refractivity contribution >= 4 is 26.6 Å². The number of anilines is 1. The Kier molecular flexibility index (Phi) is 3.70. The van der Waals surface area contributed by atoms with Crippen LogP contribution in [0.5, 0.6) is 0 Å². The maximum absolute atomic E-state index is 12.9. The van der Waals surface area contributed by atoms with Crippen molar-refractivity contribution in [2.75, 3.05) is 31.1 Å². The Balaban J connectivity index is 1.84. The molecular formula is C16H17N5O2S. The molecular weight excluding hydrogens is 326 g/mol. The van der Waals surface area contributed by atoms with Crippen LogP contribution in [-0.4, -0.2) is 49.8 Å². The number of hydrogen-bond acceptors (Lipinski definition) is 6. The van der Waals surface area contributed by atoms with Gasteiger partial charge in [0.15, 0.2) is 0 Å². The van der Waals surface area contributed by atoms with Gasteiger partial charge < -0.3 is 10.2 Å². The summed E-state index contributed by atoms with van der Waals surface area (Å²) in [5.41, 5.74) is 1.98. The molecule has 2 N–H and O–H groups in total. The highest BCUT2D eigenvalue weighted by Gasteiger charge is 2.26. The van der Waals surface area contributed by atoms with Crippen molar-refractivity contribution in [3.8, 4) is 0 Å². The minimum atomic E-state index is -3.71. The summed E-state index contributed by atoms with van der Waals surface area (Å²) >= 11 is 0. The van der Waals surface area contributed by atoms with E-state index in [1.807, 2.05) is 6.07 Å². The molecule has 0 bridgehead atoms. The number of nitrogens with one attached hydrogen (secondary N) is 2. The third kappa shape index (κ3) is 2.44. The van der Waals surface area contributed by atoms with Crippen molar-refractivity contribution in [3.63, 3.8) is 0 Å². The highest BCUT2D eigenvalue weighted by molar-refractivity contribution is 7.91. The van der Waals surface area contributed by atoms with Crippen LogP contribution in [0.2, 0.25) is 0 Å². The number of hydrogen-bond donors (Lipinski definition) is 2. The van der Waals surface area contributed by atoms with Crippen LogP contribution in [0.3, 0.4) is 0 Å². The van der Waals surface area contributed by atoms with Crippen LogP contribution in [0.4, 0.5) is 5.69 Å². The molecule has 0 amide bonds. The summed E-state index contributed by atoms with van der Waals surface area (Å²) in [6.07, 6.45) is 1.64. The van der Waals surface area contributed by atoms with Crippen LogP contribution in [0.15, 0.2) is 52.5 Å². The summed E-state index contributed by atoms with van der Waals surface area (Å²) in [6, 6.07) is 10.2. The van der Waals surface area contributed by atoms with E-state index in [0.29, 0.717) is 11.0 Å². The van der Waals surface area contributed by atoms with Gasteiger partial charge in [0.1, 0.15) is 11.0 Å². The minimum absolute atomic E-state index is 0.0271. The third-order valence-electron chi connectivity index (χ3n) is 4.17. The van der Waals surface area contributed by atoms with E-state index in [4.69, 9.17) is 0 Å². The summed E-state index contributed by atoms with van der Waals surface area (Å²) in [7, 11) is -3.71. The van der Waals surface area contributed by atoms with Crippen LogP contribution in [0.25, 0.3) is 11.0 Å². The Morgan fingerprint density at radius 1 is 1.04 bits per heavy atom. The number of H-pyrrole nitrogens is 1. The minimum Gasteiger partial charge on any atom is -0.367 e. The first-order valence-corrected chi connectivity index (χ1v) is 9.25. The van der Waals surface area contributed by atoms with E-state index < -0.39 is 9.84 Å². The molecule has 3 aromatic rings. The average Bonchev–Trinajstić information content (AvgIpc) is 3.08. The van der Waals surface area contributed by atoms with Crippen molar-refractivity contribution < 1.29 is 8.42 Å². The molecule has 8 heteroatoms. The van der Waals surface area contributed by atoms with Crippen LogP contribution in [0.1, 0.15) is 0 Å². The second-order valence-electron chi connectivity index (χ2n) is 5.64. The van der Waals surface area contributed by atoms with E-state index in [9.17, 15) is 8.42 Å². The quantitative estimate of drug-likeness (QED) is 0.743. The van der Waals surface area contributed by atoms with Crippen molar-refractivity contribution in [1.82, 2.24) is 20.5 Å². The SMILES string of the molecule is O=S(=O)(c1ccccc1)c1n[nH]c2c(N3CCNCC3)ccnc12. The molecule has 0 aliphatic carbocycles. The van der Waals surface area contributed by atoms with Crippen molar-refractivity contribution in [3.05, 3.63) is 42.6 Å². The molecule has 1 aromatic carbocycles. The highest BCUT2D eigenvalue weighted by Crippen LogP contribution is 2.30. The summed E-state index contributed by atoms with van der Waals surface area (Å²) in [5.74, 6) is 0. The van der Waals surface area contributed by atoms with Gasteiger partial charge in [-0.3, -0.25) is 10.1 Å². The fourth-order valence-electron chi connectivity index (χ4n) is 2.95. The smallest absolute Gasteiger partial charge is 0.227 e. The lowest BCUT2D eigenvalue weighted by atomic mass is 10.2. The Labute approximate surface area is 139 Å². The number of rotatable bonds is 3. The molecule has 7 nitrogen and oxygen atoms in total. The highest BCUT2D eigenvalue weighted by atomic mass is 32.2. The first-order valence-electron chi connectivity index (χ1n) is 7.77. The fraction of sp³-hybridized carbons (Fsp3) is 0.250. The fourth-order valence-corrected chi connectivity index (χ4v) is 4.27. The molecule has 1 saturated heterocycles. The van der Waals surface area contributed by atoms with Crippen LogP contribution in [-0.2, 0) is 9.84 Å². The Morgan fingerprint density at radius 3 is 2.54 bits per heavy atom. The van der Waals surface area contributed by atoms with Crippen molar-refractivity contribution in [1.29, 1.82) is 0 Å². The van der Waals surface area contributed by atoms with Crippen molar-refractivity contribution in [2.24, 2.45) is 0 Å². The number of piperazine rings is 1. The van der Waals surface area contributed by atoms with Gasteiger partial charge in [0.2, 0.25) is 14.9 Å². The number of fused-ring (bicyclic) bond motifs is 1. The number of aromatic nitrogens is 3. The second kappa shape index (κ2) is 5.88. The molecule has 4 rings (SSSR count). The van der Waals surface area contributed by atoms with Crippen LogP contribution in [0, 0.1) is 0 Å². The van der Waals surface area contributed by atoms with Gasteiger partial charge in [-0.2, -0.15) is 5.10 Å². The predicted octanol–water partition coefficient (Wildman–Crippen LogP) is 1.20. The predicted molar refractivity (Wildman–Crippen MR) is 90.9 cm³/mol. The molecule has 1 fully saturated rings. The number of nitrogens with zero attached hydrogens (tertiary/aromatic N) is 3. The summed E-state index contributed by atoms with van der Waals surface area (Å²) in [6.45, 7) is 3.51. The standard InChI is InChI=1S/C16H17N5O2S/c22-24(23,12-4-2-1-3-5-12)16-15-14(19-20-16)13(6-7-18-15)21-10-8-17-9-11-21/h1-7,17H,8-11H2,(H,19,20). The monoisotopic (exact) mass is 343 g/mol. The molecule has 1 aliphatic heterocycles. The molecule has 0 spiro atoms. The zero-order chi connectivity index (χ0) is 16.6. The lowest BCUT2D eigenvalue weighted by Crippen LogP contribution is -2.43. The Hall–Kier alpha value is -2.45. The zero-order valence-corrected chi connectivity index (χ0v) is 13.8. The molecule has 1 aliphatic rings. The van der Waals surface area contributed by atoms with E-state index >= 15 is 0 Å². The van der Waals surface area contributed by atoms with E-state index in [2.05, 4.69) is 25.4 Å². The molecule has 0 radical (unpaired) electrons. The molecule has 2 aromatic heterocycles. The zero-order valence-electron chi connectivity index (χ0n) is 12.9. The van der Waals surface area contributed by atoms with Gasteiger partial charge in [-0.15, -0.1) is 0 Å². The van der Waals surface area contributed by atoms with Crippen LogP contribution < -0.4 is 10.2 Å². The van der Waals surface area contributed by atoms with E-state index in [0.717, 1.165) is 31.9 Å². The molecule has 0 atom stereocenters. The van der Waals surface area contributed by atoms with Gasteiger partial charge in [-0.25, -0.2) is 8.42 Å². The molecule has 24 heavy (non-hydrogen) atoms. The molecule has 3 heterocycles. The average molecular weight is 343 g/mol. The van der Waals surface area contributed by atoms with Gasteiger partial charge in [0.25, 0.3) is 0 Å². The summed E-state index contributed by atoms with van der Waals surface area (Å²) < 4.78 is 25.7. The summed E-state index contributed by atoms with van der Waals surface area (Å²) in [4.78, 5) is 6.69. The second-order valence-corrected chi connectivity index (χ2v) is 7.50. The van der Waals surface area contributed by atoms with Gasteiger partial charge in [-0.05, 0) is 18.2 Å². The largest absolute Gasteiger partial charge is 0.367 e. The van der Waals surface area contributed by atoms with Gasteiger partial charge in [0, 0.05) is 32.4 Å². The maximum Gasteiger partial charge on any atom is 0.227 e. The van der Waals surface area contributed by atoms with Crippen molar-refractivity contribution in [2.45, 2.75) is 9.92 Å². The third-order valence-corrected chi connectivity index (χ3v) is 5.85.